The van der Waals surface area contributed by atoms with E-state index >= 15 is 0 Å². The largest absolute Gasteiger partial charge is 0.379 e. The van der Waals surface area contributed by atoms with Gasteiger partial charge in [0.2, 0.25) is 0 Å². The third-order valence-corrected chi connectivity index (χ3v) is 4.26. The van der Waals surface area contributed by atoms with Crippen LogP contribution in [-0.4, -0.2) is 37.7 Å². The maximum atomic E-state index is 5.40. The maximum absolute atomic E-state index is 5.40. The highest BCUT2D eigenvalue weighted by Gasteiger charge is 2.13. The fraction of sp³-hybridized carbons (Fsp3) is 0.474. The van der Waals surface area contributed by atoms with Gasteiger partial charge < -0.3 is 4.74 Å². The van der Waals surface area contributed by atoms with Gasteiger partial charge in [-0.3, -0.25) is 4.90 Å². The molecule has 0 spiro atoms. The van der Waals surface area contributed by atoms with Gasteiger partial charge in [-0.15, -0.1) is 0 Å². The van der Waals surface area contributed by atoms with Crippen molar-refractivity contribution in [3.8, 4) is 0 Å². The van der Waals surface area contributed by atoms with Gasteiger partial charge in [0.05, 0.1) is 13.2 Å². The molecule has 1 heterocycles. The second-order valence-corrected chi connectivity index (χ2v) is 5.85. The van der Waals surface area contributed by atoms with Gasteiger partial charge in [-0.1, -0.05) is 49.9 Å². The van der Waals surface area contributed by atoms with Gasteiger partial charge in [0.15, 0.2) is 0 Å². The van der Waals surface area contributed by atoms with Crippen LogP contribution in [0.4, 0.5) is 0 Å². The molecule has 0 radical (unpaired) electrons. The molecule has 1 atom stereocenters. The van der Waals surface area contributed by atoms with E-state index in [-0.39, 0.29) is 0 Å². The molecule has 1 aliphatic heterocycles. The van der Waals surface area contributed by atoms with E-state index in [4.69, 9.17) is 4.74 Å². The molecule has 1 aromatic carbocycles. The van der Waals surface area contributed by atoms with Crippen LogP contribution in [-0.2, 0) is 4.74 Å². The zero-order valence-electron chi connectivity index (χ0n) is 13.3. The lowest BCUT2D eigenvalue weighted by molar-refractivity contribution is 0.0367. The molecule has 114 valence electrons. The molecule has 0 N–H and O–H groups in total. The number of ether oxygens (including phenoxy) is 1. The lowest BCUT2D eigenvalue weighted by Gasteiger charge is -2.27. The van der Waals surface area contributed by atoms with Crippen molar-refractivity contribution in [1.29, 1.82) is 0 Å². The quantitative estimate of drug-likeness (QED) is 0.732. The number of nitrogens with zero attached hydrogens (tertiary/aromatic N) is 1. The van der Waals surface area contributed by atoms with Crippen LogP contribution in [0.25, 0.3) is 6.08 Å². The van der Waals surface area contributed by atoms with Crippen LogP contribution in [0.15, 0.2) is 36.9 Å². The van der Waals surface area contributed by atoms with Gasteiger partial charge in [0.25, 0.3) is 0 Å². The molecule has 1 saturated heterocycles. The summed E-state index contributed by atoms with van der Waals surface area (Å²) in [5, 5.41) is 0. The Bertz CT molecular complexity index is 486. The number of benzene rings is 1. The average Bonchev–Trinajstić information content (AvgIpc) is 2.52. The number of morpholine rings is 1. The second kappa shape index (κ2) is 8.16. The van der Waals surface area contributed by atoms with E-state index in [9.17, 15) is 0 Å². The SMILES string of the molecule is C=CC=Cc1ccc(C(C)CCN2CCOCC2)cc1C. The van der Waals surface area contributed by atoms with Crippen LogP contribution < -0.4 is 0 Å². The number of rotatable bonds is 6. The zero-order chi connectivity index (χ0) is 15.1. The lowest BCUT2D eigenvalue weighted by Crippen LogP contribution is -2.37. The first kappa shape index (κ1) is 16.0. The summed E-state index contributed by atoms with van der Waals surface area (Å²) < 4.78 is 5.40. The summed E-state index contributed by atoms with van der Waals surface area (Å²) in [6.45, 7) is 13.3. The molecule has 2 nitrogen and oxygen atoms in total. The lowest BCUT2D eigenvalue weighted by atomic mass is 9.94. The minimum Gasteiger partial charge on any atom is -0.379 e. The number of aryl methyl sites for hydroxylation is 1. The van der Waals surface area contributed by atoms with Crippen molar-refractivity contribution in [3.05, 3.63) is 53.6 Å². The van der Waals surface area contributed by atoms with Gasteiger partial charge in [-0.25, -0.2) is 0 Å². The van der Waals surface area contributed by atoms with Gasteiger partial charge >= 0.3 is 0 Å². The molecule has 1 unspecified atom stereocenters. The van der Waals surface area contributed by atoms with Gasteiger partial charge in [-0.2, -0.15) is 0 Å². The average molecular weight is 285 g/mol. The molecule has 2 heteroatoms. The molecular formula is C19H27NO. The zero-order valence-corrected chi connectivity index (χ0v) is 13.3. The molecule has 0 amide bonds. The third kappa shape index (κ3) is 4.83. The van der Waals surface area contributed by atoms with Crippen LogP contribution in [0, 0.1) is 6.92 Å². The van der Waals surface area contributed by atoms with Crippen molar-refractivity contribution in [2.45, 2.75) is 26.2 Å². The van der Waals surface area contributed by atoms with Gasteiger partial charge in [0.1, 0.15) is 0 Å². The molecule has 0 bridgehead atoms. The Morgan fingerprint density at radius 1 is 1.33 bits per heavy atom. The van der Waals surface area contributed by atoms with Crippen molar-refractivity contribution in [1.82, 2.24) is 4.90 Å². The van der Waals surface area contributed by atoms with Crippen LogP contribution >= 0.6 is 0 Å². The highest BCUT2D eigenvalue weighted by molar-refractivity contribution is 5.55. The van der Waals surface area contributed by atoms with Crippen LogP contribution in [0.5, 0.6) is 0 Å². The van der Waals surface area contributed by atoms with E-state index < -0.39 is 0 Å². The predicted molar refractivity (Wildman–Crippen MR) is 90.7 cm³/mol. The molecule has 0 aliphatic carbocycles. The molecule has 21 heavy (non-hydrogen) atoms. The summed E-state index contributed by atoms with van der Waals surface area (Å²) >= 11 is 0. The third-order valence-electron chi connectivity index (χ3n) is 4.26. The first-order valence-corrected chi connectivity index (χ1v) is 7.90. The highest BCUT2D eigenvalue weighted by Crippen LogP contribution is 2.23. The van der Waals surface area contributed by atoms with E-state index in [1.807, 2.05) is 12.2 Å². The minimum atomic E-state index is 0.601. The van der Waals surface area contributed by atoms with Crippen molar-refractivity contribution in [2.75, 3.05) is 32.8 Å². The second-order valence-electron chi connectivity index (χ2n) is 5.85. The summed E-state index contributed by atoms with van der Waals surface area (Å²) in [7, 11) is 0. The Kier molecular flexibility index (Phi) is 6.21. The van der Waals surface area contributed by atoms with Crippen molar-refractivity contribution < 1.29 is 4.74 Å². The molecule has 1 aromatic rings. The summed E-state index contributed by atoms with van der Waals surface area (Å²) in [4.78, 5) is 2.51. The standard InChI is InChI=1S/C19H27NO/c1-4-5-6-18-7-8-19(15-17(18)3)16(2)9-10-20-11-13-21-14-12-20/h4-8,15-16H,1,9-14H2,2-3H3. The molecular weight excluding hydrogens is 258 g/mol. The molecule has 0 saturated carbocycles. The summed E-state index contributed by atoms with van der Waals surface area (Å²) in [6.07, 6.45) is 7.13. The fourth-order valence-electron chi connectivity index (χ4n) is 2.73. The van der Waals surface area contributed by atoms with E-state index in [1.165, 1.54) is 29.7 Å². The Morgan fingerprint density at radius 3 is 2.76 bits per heavy atom. The first-order valence-electron chi connectivity index (χ1n) is 7.90. The van der Waals surface area contributed by atoms with Crippen molar-refractivity contribution in [2.24, 2.45) is 0 Å². The summed E-state index contributed by atoms with van der Waals surface area (Å²) in [6, 6.07) is 6.81. The predicted octanol–water partition coefficient (Wildman–Crippen LogP) is 4.02. The number of allylic oxidation sites excluding steroid dienone is 2. The van der Waals surface area contributed by atoms with E-state index in [2.05, 4.69) is 49.6 Å². The van der Waals surface area contributed by atoms with Crippen molar-refractivity contribution >= 4 is 6.08 Å². The number of hydrogen-bond donors (Lipinski definition) is 0. The monoisotopic (exact) mass is 285 g/mol. The minimum absolute atomic E-state index is 0.601. The molecule has 0 aromatic heterocycles. The Labute approximate surface area is 129 Å². The number of hydrogen-bond acceptors (Lipinski definition) is 2. The molecule has 2 rings (SSSR count). The summed E-state index contributed by atoms with van der Waals surface area (Å²) in [5.41, 5.74) is 4.05. The van der Waals surface area contributed by atoms with E-state index in [0.717, 1.165) is 26.3 Å². The highest BCUT2D eigenvalue weighted by atomic mass is 16.5. The Balaban J connectivity index is 1.92. The van der Waals surface area contributed by atoms with Crippen molar-refractivity contribution in [3.63, 3.8) is 0 Å². The van der Waals surface area contributed by atoms with Gasteiger partial charge in [0, 0.05) is 13.1 Å². The fourth-order valence-corrected chi connectivity index (χ4v) is 2.73. The smallest absolute Gasteiger partial charge is 0.0594 e. The van der Waals surface area contributed by atoms with Crippen LogP contribution in [0.3, 0.4) is 0 Å². The van der Waals surface area contributed by atoms with E-state index in [0.29, 0.717) is 5.92 Å². The topological polar surface area (TPSA) is 12.5 Å². The summed E-state index contributed by atoms with van der Waals surface area (Å²) in [5.74, 6) is 0.601. The Morgan fingerprint density at radius 2 is 2.10 bits per heavy atom. The van der Waals surface area contributed by atoms with Crippen LogP contribution in [0.2, 0.25) is 0 Å². The van der Waals surface area contributed by atoms with Gasteiger partial charge in [-0.05, 0) is 42.5 Å². The molecule has 1 fully saturated rings. The molecule has 1 aliphatic rings. The first-order chi connectivity index (χ1) is 10.2. The van der Waals surface area contributed by atoms with E-state index in [1.54, 1.807) is 0 Å². The van der Waals surface area contributed by atoms with Crippen LogP contribution in [0.1, 0.15) is 36.0 Å². The Hall–Kier alpha value is -1.38. The maximum Gasteiger partial charge on any atom is 0.0594 e. The normalized spacial score (nSPS) is 18.0.